The molecule has 5 heteroatoms. The maximum atomic E-state index is 11.5. The fraction of sp³-hybridized carbons (Fsp3) is 0.667. The zero-order valence-electron chi connectivity index (χ0n) is 11.1. The van der Waals surface area contributed by atoms with Gasteiger partial charge in [0, 0.05) is 18.5 Å². The minimum absolute atomic E-state index is 0.359. The quantitative estimate of drug-likeness (QED) is 0.760. The molecule has 1 aromatic heterocycles. The second kappa shape index (κ2) is 6.00. The van der Waals surface area contributed by atoms with E-state index in [1.165, 1.54) is 18.4 Å². The molecular weight excluding hydrogens is 236 g/mol. The van der Waals surface area contributed by atoms with Crippen LogP contribution < -0.4 is 4.90 Å². The molecule has 0 saturated carbocycles. The molecule has 0 aliphatic heterocycles. The minimum Gasteiger partial charge on any atom is -0.464 e. The summed E-state index contributed by atoms with van der Waals surface area (Å²) in [5.41, 5.74) is 0.434. The zero-order valence-corrected chi connectivity index (χ0v) is 11.9. The lowest BCUT2D eigenvalue weighted by Gasteiger charge is -2.19. The van der Waals surface area contributed by atoms with E-state index in [2.05, 4.69) is 23.7 Å². The third kappa shape index (κ3) is 3.43. The van der Waals surface area contributed by atoms with Gasteiger partial charge in [-0.3, -0.25) is 0 Å². The smallest absolute Gasteiger partial charge is 0.357 e. The summed E-state index contributed by atoms with van der Waals surface area (Å²) in [5.74, 6) is 0.257. The Morgan fingerprint density at radius 3 is 2.76 bits per heavy atom. The van der Waals surface area contributed by atoms with Crippen molar-refractivity contribution >= 4 is 22.4 Å². The summed E-state index contributed by atoms with van der Waals surface area (Å²) in [7, 11) is 3.38. The van der Waals surface area contributed by atoms with E-state index in [1.54, 1.807) is 0 Å². The number of rotatable bonds is 5. The summed E-state index contributed by atoms with van der Waals surface area (Å²) in [4.78, 5) is 18.8. The number of carbonyl (C=O) groups excluding carboxylic acids is 1. The van der Waals surface area contributed by atoms with Crippen molar-refractivity contribution in [3.05, 3.63) is 10.6 Å². The molecule has 0 aliphatic rings. The second-order valence-corrected chi connectivity index (χ2v) is 5.47. The molecule has 1 atom stereocenters. The molecule has 0 aliphatic carbocycles. The normalized spacial score (nSPS) is 12.3. The topological polar surface area (TPSA) is 42.4 Å². The molecule has 0 radical (unpaired) electrons. The molecule has 0 spiro atoms. The first-order valence-corrected chi connectivity index (χ1v) is 6.58. The van der Waals surface area contributed by atoms with Crippen molar-refractivity contribution in [1.29, 1.82) is 0 Å². The number of nitrogens with zero attached hydrogens (tertiary/aromatic N) is 2. The Kier molecular flexibility index (Phi) is 4.93. The van der Waals surface area contributed by atoms with Gasteiger partial charge in [-0.2, -0.15) is 0 Å². The maximum Gasteiger partial charge on any atom is 0.357 e. The van der Waals surface area contributed by atoms with Crippen LogP contribution >= 0.6 is 11.3 Å². The van der Waals surface area contributed by atoms with E-state index in [-0.39, 0.29) is 5.97 Å². The van der Waals surface area contributed by atoms with Crippen LogP contribution in [0.25, 0.3) is 0 Å². The number of esters is 1. The molecule has 1 aromatic rings. The standard InChI is InChI=1S/C12H20N2O2S/c1-6-8(2)7-14(4)12-13-10(9(3)17-12)11(15)16-5/h8H,6-7H2,1-5H3. The fourth-order valence-corrected chi connectivity index (χ4v) is 2.37. The number of ether oxygens (including phenoxy) is 1. The molecule has 1 rings (SSSR count). The van der Waals surface area contributed by atoms with E-state index in [4.69, 9.17) is 4.74 Å². The van der Waals surface area contributed by atoms with Gasteiger partial charge in [-0.05, 0) is 12.8 Å². The molecule has 0 bridgehead atoms. The van der Waals surface area contributed by atoms with Crippen molar-refractivity contribution in [3.8, 4) is 0 Å². The summed E-state index contributed by atoms with van der Waals surface area (Å²) < 4.78 is 4.70. The van der Waals surface area contributed by atoms with Crippen LogP contribution in [0.4, 0.5) is 5.13 Å². The lowest BCUT2D eigenvalue weighted by atomic mass is 10.1. The summed E-state index contributed by atoms with van der Waals surface area (Å²) >= 11 is 1.53. The molecule has 96 valence electrons. The van der Waals surface area contributed by atoms with Crippen molar-refractivity contribution in [3.63, 3.8) is 0 Å². The van der Waals surface area contributed by atoms with Crippen LogP contribution in [-0.2, 0) is 4.74 Å². The molecule has 17 heavy (non-hydrogen) atoms. The van der Waals surface area contributed by atoms with Crippen LogP contribution in [-0.4, -0.2) is 31.7 Å². The van der Waals surface area contributed by atoms with Gasteiger partial charge in [-0.25, -0.2) is 9.78 Å². The number of methoxy groups -OCH3 is 1. The predicted octanol–water partition coefficient (Wildman–Crippen LogP) is 2.72. The van der Waals surface area contributed by atoms with Crippen LogP contribution in [0.1, 0.15) is 35.6 Å². The van der Waals surface area contributed by atoms with Gasteiger partial charge in [-0.1, -0.05) is 20.3 Å². The Hall–Kier alpha value is -1.10. The summed E-state index contributed by atoms with van der Waals surface area (Å²) in [6.07, 6.45) is 1.14. The first-order chi connectivity index (χ1) is 7.99. The van der Waals surface area contributed by atoms with Gasteiger partial charge in [-0.15, -0.1) is 11.3 Å². The summed E-state index contributed by atoms with van der Waals surface area (Å²) in [5, 5.41) is 0.878. The number of hydrogen-bond acceptors (Lipinski definition) is 5. The van der Waals surface area contributed by atoms with Crippen LogP contribution in [0.2, 0.25) is 0 Å². The lowest BCUT2D eigenvalue weighted by Crippen LogP contribution is -2.23. The lowest BCUT2D eigenvalue weighted by molar-refractivity contribution is 0.0594. The average molecular weight is 256 g/mol. The van der Waals surface area contributed by atoms with E-state index < -0.39 is 0 Å². The van der Waals surface area contributed by atoms with Crippen molar-refractivity contribution in [2.75, 3.05) is 25.6 Å². The monoisotopic (exact) mass is 256 g/mol. The van der Waals surface area contributed by atoms with Crippen LogP contribution in [0, 0.1) is 12.8 Å². The molecule has 1 heterocycles. The van der Waals surface area contributed by atoms with Crippen molar-refractivity contribution in [2.24, 2.45) is 5.92 Å². The molecule has 0 N–H and O–H groups in total. The van der Waals surface area contributed by atoms with Gasteiger partial charge in [0.05, 0.1) is 7.11 Å². The maximum absolute atomic E-state index is 11.5. The SMILES string of the molecule is CCC(C)CN(C)c1nc(C(=O)OC)c(C)s1. The zero-order chi connectivity index (χ0) is 13.0. The highest BCUT2D eigenvalue weighted by atomic mass is 32.1. The van der Waals surface area contributed by atoms with Crippen molar-refractivity contribution < 1.29 is 9.53 Å². The molecule has 4 nitrogen and oxygen atoms in total. The van der Waals surface area contributed by atoms with E-state index in [0.29, 0.717) is 11.6 Å². The van der Waals surface area contributed by atoms with Crippen LogP contribution in [0.5, 0.6) is 0 Å². The van der Waals surface area contributed by atoms with E-state index in [1.807, 2.05) is 14.0 Å². The van der Waals surface area contributed by atoms with Crippen molar-refractivity contribution in [1.82, 2.24) is 4.98 Å². The third-order valence-corrected chi connectivity index (χ3v) is 3.86. The summed E-state index contributed by atoms with van der Waals surface area (Å²) in [6.45, 7) is 7.22. The molecule has 0 aromatic carbocycles. The Balaban J connectivity index is 2.82. The van der Waals surface area contributed by atoms with Gasteiger partial charge in [0.25, 0.3) is 0 Å². The largest absolute Gasteiger partial charge is 0.464 e. The number of aryl methyl sites for hydroxylation is 1. The second-order valence-electron chi connectivity index (χ2n) is 4.29. The number of hydrogen-bond donors (Lipinski definition) is 0. The highest BCUT2D eigenvalue weighted by Crippen LogP contribution is 2.26. The van der Waals surface area contributed by atoms with E-state index in [0.717, 1.165) is 23.0 Å². The van der Waals surface area contributed by atoms with Gasteiger partial charge in [0.2, 0.25) is 0 Å². The first kappa shape index (κ1) is 14.0. The van der Waals surface area contributed by atoms with E-state index >= 15 is 0 Å². The van der Waals surface area contributed by atoms with Crippen LogP contribution in [0.3, 0.4) is 0 Å². The van der Waals surface area contributed by atoms with Gasteiger partial charge in [0.15, 0.2) is 10.8 Å². The number of thiazole rings is 1. The summed E-state index contributed by atoms with van der Waals surface area (Å²) in [6, 6.07) is 0. The Morgan fingerprint density at radius 2 is 2.24 bits per heavy atom. The van der Waals surface area contributed by atoms with Gasteiger partial charge in [0.1, 0.15) is 0 Å². The molecule has 0 amide bonds. The first-order valence-electron chi connectivity index (χ1n) is 5.76. The van der Waals surface area contributed by atoms with Gasteiger partial charge >= 0.3 is 5.97 Å². The van der Waals surface area contributed by atoms with Crippen molar-refractivity contribution in [2.45, 2.75) is 27.2 Å². The molecule has 0 fully saturated rings. The number of anilines is 1. The minimum atomic E-state index is -0.359. The number of carbonyl (C=O) groups is 1. The fourth-order valence-electron chi connectivity index (χ4n) is 1.51. The molecular formula is C12H20N2O2S. The Morgan fingerprint density at radius 1 is 1.59 bits per heavy atom. The molecule has 0 saturated heterocycles. The Bertz CT molecular complexity index is 390. The Labute approximate surface area is 107 Å². The third-order valence-electron chi connectivity index (χ3n) is 2.77. The highest BCUT2D eigenvalue weighted by molar-refractivity contribution is 7.15. The van der Waals surface area contributed by atoms with Gasteiger partial charge < -0.3 is 9.64 Å². The predicted molar refractivity (Wildman–Crippen MR) is 70.9 cm³/mol. The van der Waals surface area contributed by atoms with Crippen LogP contribution in [0.15, 0.2) is 0 Å². The highest BCUT2D eigenvalue weighted by Gasteiger charge is 2.18. The molecule has 1 unspecified atom stereocenters. The average Bonchev–Trinajstić information content (AvgIpc) is 2.70. The number of aromatic nitrogens is 1. The van der Waals surface area contributed by atoms with E-state index in [9.17, 15) is 4.79 Å².